The number of hydrogen-bond acceptors (Lipinski definition) is 6. The van der Waals surface area contributed by atoms with Crippen LogP contribution < -0.4 is 15.4 Å². The Morgan fingerprint density at radius 3 is 2.24 bits per heavy atom. The maximum Gasteiger partial charge on any atom is 0.261 e. The molecule has 1 aromatic heterocycles. The van der Waals surface area contributed by atoms with Crippen molar-refractivity contribution in [1.82, 2.24) is 10.6 Å². The Bertz CT molecular complexity index is 1090. The number of para-hydroxylation sites is 1. The number of nitrogens with one attached hydrogen (secondary N) is 2. The number of furan rings is 1. The van der Waals surface area contributed by atoms with Gasteiger partial charge in [0.15, 0.2) is 6.10 Å². The lowest BCUT2D eigenvalue weighted by atomic mass is 9.99. The van der Waals surface area contributed by atoms with Crippen LogP contribution in [0.25, 0.3) is 0 Å². The van der Waals surface area contributed by atoms with Gasteiger partial charge in [-0.2, -0.15) is 11.8 Å². The van der Waals surface area contributed by atoms with Gasteiger partial charge in [-0.25, -0.2) is 0 Å². The number of hydrogen-bond donors (Lipinski definition) is 3. The van der Waals surface area contributed by atoms with Gasteiger partial charge in [-0.05, 0) is 55.5 Å². The molecule has 204 valence electrons. The minimum atomic E-state index is -0.796. The fraction of sp³-hybridized carbons (Fsp3) is 0.400. The normalized spacial score (nSPS) is 14.3. The molecule has 4 atom stereocenters. The molecule has 0 bridgehead atoms. The van der Waals surface area contributed by atoms with Gasteiger partial charge in [0.05, 0.1) is 24.2 Å². The van der Waals surface area contributed by atoms with E-state index in [0.717, 1.165) is 11.3 Å². The number of benzene rings is 2. The van der Waals surface area contributed by atoms with Crippen molar-refractivity contribution in [2.24, 2.45) is 5.92 Å². The predicted molar refractivity (Wildman–Crippen MR) is 151 cm³/mol. The van der Waals surface area contributed by atoms with Crippen LogP contribution in [-0.4, -0.2) is 47.0 Å². The standard InChI is InChI=1S/C30H38N2O5S/c1-21(2)17-27(32-29(34)22(3)37-24-13-8-5-9-14-24)30(35)31-26(18-23-11-6-4-7-12-23)28(33)20-38-19-25-15-10-16-36-25/h4-16,21-22,26-28,33H,17-20H2,1-3H3,(H,31,35)(H,32,34)/t22?,26?,27-,28+/m0/s1. The van der Waals surface area contributed by atoms with Crippen molar-refractivity contribution < 1.29 is 23.8 Å². The quantitative estimate of drug-likeness (QED) is 0.262. The molecule has 0 aliphatic rings. The Kier molecular flexibility index (Phi) is 11.8. The second-order valence-corrected chi connectivity index (χ2v) is 10.8. The third kappa shape index (κ3) is 9.91. The molecule has 0 fully saturated rings. The summed E-state index contributed by atoms with van der Waals surface area (Å²) in [7, 11) is 0. The van der Waals surface area contributed by atoms with Crippen molar-refractivity contribution in [3.05, 3.63) is 90.4 Å². The average molecular weight is 539 g/mol. The zero-order valence-electron chi connectivity index (χ0n) is 22.2. The summed E-state index contributed by atoms with van der Waals surface area (Å²) >= 11 is 1.54. The first-order valence-corrected chi connectivity index (χ1v) is 14.1. The molecular weight excluding hydrogens is 500 g/mol. The van der Waals surface area contributed by atoms with Crippen molar-refractivity contribution in [3.8, 4) is 5.75 Å². The number of ether oxygens (including phenoxy) is 1. The monoisotopic (exact) mass is 538 g/mol. The lowest BCUT2D eigenvalue weighted by Gasteiger charge is -2.28. The van der Waals surface area contributed by atoms with Gasteiger partial charge in [0, 0.05) is 5.75 Å². The molecule has 0 spiro atoms. The molecule has 2 aromatic carbocycles. The van der Waals surface area contributed by atoms with Gasteiger partial charge >= 0.3 is 0 Å². The molecule has 0 saturated carbocycles. The molecule has 0 aliphatic heterocycles. The van der Waals surface area contributed by atoms with Gasteiger partial charge in [-0.1, -0.05) is 62.4 Å². The SMILES string of the molecule is CC(C)C[C@H](NC(=O)C(C)Oc1ccccc1)C(=O)NC(Cc1ccccc1)[C@H](O)CSCc1ccco1. The summed E-state index contributed by atoms with van der Waals surface area (Å²) in [5.41, 5.74) is 1.00. The van der Waals surface area contributed by atoms with Gasteiger partial charge < -0.3 is 24.9 Å². The van der Waals surface area contributed by atoms with Crippen molar-refractivity contribution in [3.63, 3.8) is 0 Å². The topological polar surface area (TPSA) is 101 Å². The summed E-state index contributed by atoms with van der Waals surface area (Å²) in [5, 5.41) is 17.0. The third-order valence-corrected chi connectivity index (χ3v) is 7.03. The molecule has 3 N–H and O–H groups in total. The number of aliphatic hydroxyl groups is 1. The maximum atomic E-state index is 13.5. The Morgan fingerprint density at radius 2 is 1.61 bits per heavy atom. The third-order valence-electron chi connectivity index (χ3n) is 5.97. The van der Waals surface area contributed by atoms with Crippen molar-refractivity contribution in [1.29, 1.82) is 0 Å². The minimum Gasteiger partial charge on any atom is -0.481 e. The Balaban J connectivity index is 1.66. The van der Waals surface area contributed by atoms with E-state index in [1.165, 1.54) is 11.8 Å². The second-order valence-electron chi connectivity index (χ2n) is 9.73. The highest BCUT2D eigenvalue weighted by Gasteiger charge is 2.29. The number of aliphatic hydroxyl groups excluding tert-OH is 1. The van der Waals surface area contributed by atoms with E-state index >= 15 is 0 Å². The van der Waals surface area contributed by atoms with Crippen LogP contribution in [0.15, 0.2) is 83.5 Å². The van der Waals surface area contributed by atoms with Gasteiger partial charge in [-0.3, -0.25) is 9.59 Å². The molecule has 2 unspecified atom stereocenters. The maximum absolute atomic E-state index is 13.5. The molecule has 7 nitrogen and oxygen atoms in total. The molecule has 0 aliphatic carbocycles. The van der Waals surface area contributed by atoms with Crippen molar-refractivity contribution >= 4 is 23.6 Å². The Labute approximate surface area is 229 Å². The first-order chi connectivity index (χ1) is 18.3. The van der Waals surface area contributed by atoms with Gasteiger partial charge in [0.1, 0.15) is 17.6 Å². The van der Waals surface area contributed by atoms with Gasteiger partial charge in [0.2, 0.25) is 5.91 Å². The molecule has 2 amide bonds. The fourth-order valence-corrected chi connectivity index (χ4v) is 4.93. The van der Waals surface area contributed by atoms with Crippen LogP contribution in [-0.2, 0) is 21.8 Å². The van der Waals surface area contributed by atoms with Crippen molar-refractivity contribution in [2.75, 3.05) is 5.75 Å². The molecule has 3 aromatic rings. The smallest absolute Gasteiger partial charge is 0.261 e. The van der Waals surface area contributed by atoms with Gasteiger partial charge in [-0.15, -0.1) is 0 Å². The number of amides is 2. The number of carbonyl (C=O) groups is 2. The van der Waals surface area contributed by atoms with E-state index in [1.807, 2.05) is 74.5 Å². The fourth-order valence-electron chi connectivity index (χ4n) is 3.97. The van der Waals surface area contributed by atoms with E-state index in [1.54, 1.807) is 25.3 Å². The van der Waals surface area contributed by atoms with E-state index < -0.39 is 24.3 Å². The molecule has 0 saturated heterocycles. The lowest BCUT2D eigenvalue weighted by molar-refractivity contribution is -0.133. The van der Waals surface area contributed by atoms with Crippen LogP contribution in [0, 0.1) is 5.92 Å². The summed E-state index contributed by atoms with van der Waals surface area (Å²) in [6.45, 7) is 5.65. The first kappa shape index (κ1) is 29.3. The first-order valence-electron chi connectivity index (χ1n) is 13.0. The van der Waals surface area contributed by atoms with Crippen LogP contribution in [0.1, 0.15) is 38.5 Å². The zero-order chi connectivity index (χ0) is 27.3. The lowest BCUT2D eigenvalue weighted by Crippen LogP contribution is -2.55. The number of rotatable bonds is 15. The molecule has 38 heavy (non-hydrogen) atoms. The van der Waals surface area contributed by atoms with Crippen LogP contribution in [0.5, 0.6) is 5.75 Å². The second kappa shape index (κ2) is 15.2. The highest BCUT2D eigenvalue weighted by Crippen LogP contribution is 2.17. The minimum absolute atomic E-state index is 0.165. The van der Waals surface area contributed by atoms with E-state index in [0.29, 0.717) is 30.1 Å². The van der Waals surface area contributed by atoms with Crippen LogP contribution >= 0.6 is 11.8 Å². The highest BCUT2D eigenvalue weighted by molar-refractivity contribution is 7.98. The summed E-state index contributed by atoms with van der Waals surface area (Å²) in [6.07, 6.45) is 0.972. The zero-order valence-corrected chi connectivity index (χ0v) is 23.0. The van der Waals surface area contributed by atoms with Crippen LogP contribution in [0.4, 0.5) is 0 Å². The molecule has 8 heteroatoms. The molecule has 0 radical (unpaired) electrons. The van der Waals surface area contributed by atoms with Gasteiger partial charge in [0.25, 0.3) is 5.91 Å². The average Bonchev–Trinajstić information content (AvgIpc) is 3.42. The van der Waals surface area contributed by atoms with E-state index in [-0.39, 0.29) is 17.7 Å². The number of carbonyl (C=O) groups excluding carboxylic acids is 2. The van der Waals surface area contributed by atoms with Crippen molar-refractivity contribution in [2.45, 2.75) is 63.7 Å². The number of thioether (sulfide) groups is 1. The highest BCUT2D eigenvalue weighted by atomic mass is 32.2. The van der Waals surface area contributed by atoms with Crippen LogP contribution in [0.2, 0.25) is 0 Å². The molecular formula is C30H38N2O5S. The Hall–Kier alpha value is -3.23. The van der Waals surface area contributed by atoms with Crippen LogP contribution in [0.3, 0.4) is 0 Å². The summed E-state index contributed by atoms with van der Waals surface area (Å²) in [4.78, 5) is 26.4. The summed E-state index contributed by atoms with van der Waals surface area (Å²) in [5.74, 6) is 1.93. The molecule has 1 heterocycles. The molecule has 3 rings (SSSR count). The van der Waals surface area contributed by atoms with E-state index in [2.05, 4.69) is 10.6 Å². The largest absolute Gasteiger partial charge is 0.481 e. The summed E-state index contributed by atoms with van der Waals surface area (Å²) < 4.78 is 11.1. The summed E-state index contributed by atoms with van der Waals surface area (Å²) in [6, 6.07) is 21.3. The van der Waals surface area contributed by atoms with E-state index in [9.17, 15) is 14.7 Å². The Morgan fingerprint density at radius 1 is 0.921 bits per heavy atom. The predicted octanol–water partition coefficient (Wildman–Crippen LogP) is 4.60. The van der Waals surface area contributed by atoms with E-state index in [4.69, 9.17) is 9.15 Å².